The van der Waals surface area contributed by atoms with Gasteiger partial charge in [-0.05, 0) is 50.4 Å². The predicted molar refractivity (Wildman–Crippen MR) is 131 cm³/mol. The number of halogens is 3. The Hall–Kier alpha value is -2.49. The SMILES string of the molecule is CC(=O)N1[C@@H]2CC[C@H]1CC(Oc1ncc(C3CCC(O)CC3)c3nc(C[C@@H](C)CC(F)(F)F)ncc13)C2. The van der Waals surface area contributed by atoms with Crippen LogP contribution in [-0.2, 0) is 11.2 Å². The first-order chi connectivity index (χ1) is 17.6. The lowest BCUT2D eigenvalue weighted by molar-refractivity contribution is -0.143. The Morgan fingerprint density at radius 1 is 1.11 bits per heavy atom. The number of rotatable bonds is 6. The number of hydrogen-bond donors (Lipinski definition) is 1. The van der Waals surface area contributed by atoms with Crippen LogP contribution in [0.15, 0.2) is 12.4 Å². The van der Waals surface area contributed by atoms with E-state index in [1.165, 1.54) is 0 Å². The molecule has 1 N–H and O–H groups in total. The molecule has 1 amide bonds. The lowest BCUT2D eigenvalue weighted by Gasteiger charge is -2.38. The first-order valence-electron chi connectivity index (χ1n) is 13.4. The van der Waals surface area contributed by atoms with E-state index in [1.54, 1.807) is 26.2 Å². The molecule has 2 aliphatic heterocycles. The van der Waals surface area contributed by atoms with E-state index in [4.69, 9.17) is 9.72 Å². The third-order valence-electron chi connectivity index (χ3n) is 8.24. The Balaban J connectivity index is 1.43. The first kappa shape index (κ1) is 26.1. The zero-order chi connectivity index (χ0) is 26.3. The molecule has 202 valence electrons. The minimum atomic E-state index is -4.23. The summed E-state index contributed by atoms with van der Waals surface area (Å²) in [4.78, 5) is 27.9. The number of fused-ring (bicyclic) bond motifs is 3. The molecule has 0 spiro atoms. The third-order valence-corrected chi connectivity index (χ3v) is 8.24. The molecule has 2 saturated heterocycles. The molecule has 1 saturated carbocycles. The van der Waals surface area contributed by atoms with E-state index in [2.05, 4.69) is 9.97 Å². The summed E-state index contributed by atoms with van der Waals surface area (Å²) >= 11 is 0. The van der Waals surface area contributed by atoms with E-state index in [0.29, 0.717) is 35.4 Å². The summed E-state index contributed by atoms with van der Waals surface area (Å²) in [5.74, 6) is 0.455. The van der Waals surface area contributed by atoms with Crippen LogP contribution in [0.4, 0.5) is 13.2 Å². The zero-order valence-corrected chi connectivity index (χ0v) is 21.4. The molecule has 2 aromatic rings. The highest BCUT2D eigenvalue weighted by Crippen LogP contribution is 2.40. The third kappa shape index (κ3) is 5.84. The number of nitrogens with zero attached hydrogens (tertiary/aromatic N) is 4. The first-order valence-corrected chi connectivity index (χ1v) is 13.4. The van der Waals surface area contributed by atoms with Crippen LogP contribution in [0.25, 0.3) is 10.9 Å². The summed E-state index contributed by atoms with van der Waals surface area (Å²) in [6, 6.07) is 0.358. The lowest BCUT2D eigenvalue weighted by Crippen LogP contribution is -2.48. The van der Waals surface area contributed by atoms with Crippen molar-refractivity contribution in [1.29, 1.82) is 0 Å². The van der Waals surface area contributed by atoms with Crippen molar-refractivity contribution in [3.8, 4) is 5.88 Å². The highest BCUT2D eigenvalue weighted by molar-refractivity contribution is 5.86. The molecule has 3 aliphatic rings. The van der Waals surface area contributed by atoms with Crippen molar-refractivity contribution < 1.29 is 27.8 Å². The van der Waals surface area contributed by atoms with Crippen LogP contribution in [0.3, 0.4) is 0 Å². The molecule has 2 bridgehead atoms. The van der Waals surface area contributed by atoms with Crippen LogP contribution in [-0.4, -0.2) is 61.3 Å². The van der Waals surface area contributed by atoms with Gasteiger partial charge in [0.05, 0.1) is 17.0 Å². The van der Waals surface area contributed by atoms with Crippen molar-refractivity contribution in [2.24, 2.45) is 5.92 Å². The molecule has 5 rings (SSSR count). The van der Waals surface area contributed by atoms with Crippen LogP contribution in [0, 0.1) is 5.92 Å². The topological polar surface area (TPSA) is 88.4 Å². The molecule has 3 fully saturated rings. The molecular weight excluding hydrogens is 485 g/mol. The standard InChI is InChI=1S/C27H35F3N4O3/c1-15(12-27(28,29)30)9-24-31-14-23-25(33-24)22(17-3-7-20(36)8-4-17)13-32-26(23)37-21-10-18-5-6-19(11-21)34(18)16(2)35/h13-15,17-21,36H,3-12H2,1-2H3/t15-,17?,18-,19+,20?,21?/m1/s1. The molecule has 37 heavy (non-hydrogen) atoms. The van der Waals surface area contributed by atoms with Gasteiger partial charge >= 0.3 is 6.18 Å². The van der Waals surface area contributed by atoms with E-state index in [9.17, 15) is 23.1 Å². The van der Waals surface area contributed by atoms with Gasteiger partial charge in [-0.1, -0.05) is 6.92 Å². The Kier molecular flexibility index (Phi) is 7.31. The highest BCUT2D eigenvalue weighted by Gasteiger charge is 2.43. The molecule has 2 aromatic heterocycles. The second-order valence-electron chi connectivity index (χ2n) is 11.2. The molecule has 7 nitrogen and oxygen atoms in total. The summed E-state index contributed by atoms with van der Waals surface area (Å²) in [6.45, 7) is 3.18. The number of ether oxygens (including phenoxy) is 1. The number of carbonyl (C=O) groups is 1. The molecule has 0 radical (unpaired) electrons. The smallest absolute Gasteiger partial charge is 0.389 e. The predicted octanol–water partition coefficient (Wildman–Crippen LogP) is 5.10. The van der Waals surface area contributed by atoms with Crippen molar-refractivity contribution in [2.45, 2.75) is 114 Å². The molecule has 4 atom stereocenters. The number of carbonyl (C=O) groups excluding carboxylic acids is 1. The monoisotopic (exact) mass is 520 g/mol. The lowest BCUT2D eigenvalue weighted by atomic mass is 9.82. The maximum absolute atomic E-state index is 12.9. The minimum absolute atomic E-state index is 0.0778. The van der Waals surface area contributed by atoms with Crippen LogP contribution < -0.4 is 4.74 Å². The van der Waals surface area contributed by atoms with Crippen molar-refractivity contribution in [3.63, 3.8) is 0 Å². The Labute approximate surface area is 214 Å². The molecule has 1 aliphatic carbocycles. The Morgan fingerprint density at radius 3 is 2.41 bits per heavy atom. The average molecular weight is 521 g/mol. The number of piperidine rings is 1. The number of aliphatic hydroxyl groups excluding tert-OH is 1. The van der Waals surface area contributed by atoms with Crippen molar-refractivity contribution in [3.05, 3.63) is 23.8 Å². The van der Waals surface area contributed by atoms with Gasteiger partial charge in [0.25, 0.3) is 0 Å². The average Bonchev–Trinajstić information content (AvgIpc) is 3.09. The van der Waals surface area contributed by atoms with Gasteiger partial charge in [0.2, 0.25) is 11.8 Å². The summed E-state index contributed by atoms with van der Waals surface area (Å²) in [7, 11) is 0. The van der Waals surface area contributed by atoms with E-state index in [0.717, 1.165) is 44.1 Å². The minimum Gasteiger partial charge on any atom is -0.474 e. The fourth-order valence-corrected chi connectivity index (χ4v) is 6.61. The Morgan fingerprint density at radius 2 is 1.78 bits per heavy atom. The van der Waals surface area contributed by atoms with Gasteiger partial charge in [0.1, 0.15) is 11.9 Å². The zero-order valence-electron chi connectivity index (χ0n) is 21.4. The quantitative estimate of drug-likeness (QED) is 0.571. The van der Waals surface area contributed by atoms with Crippen LogP contribution in [0.5, 0.6) is 5.88 Å². The van der Waals surface area contributed by atoms with Crippen molar-refractivity contribution in [2.75, 3.05) is 0 Å². The number of aromatic nitrogens is 3. The summed E-state index contributed by atoms with van der Waals surface area (Å²) in [5, 5.41) is 10.6. The second-order valence-corrected chi connectivity index (χ2v) is 11.2. The second kappa shape index (κ2) is 10.3. The van der Waals surface area contributed by atoms with Gasteiger partial charge in [-0.15, -0.1) is 0 Å². The molecule has 0 aromatic carbocycles. The van der Waals surface area contributed by atoms with Gasteiger partial charge < -0.3 is 14.7 Å². The molecule has 10 heteroatoms. The normalized spacial score (nSPS) is 28.9. The summed E-state index contributed by atoms with van der Waals surface area (Å²) in [5.41, 5.74) is 1.62. The van der Waals surface area contributed by atoms with Gasteiger partial charge in [-0.2, -0.15) is 13.2 Å². The van der Waals surface area contributed by atoms with E-state index in [-0.39, 0.29) is 42.5 Å². The number of amides is 1. The number of aliphatic hydroxyl groups is 1. The van der Waals surface area contributed by atoms with E-state index < -0.39 is 18.5 Å². The van der Waals surface area contributed by atoms with Crippen molar-refractivity contribution in [1.82, 2.24) is 19.9 Å². The van der Waals surface area contributed by atoms with Crippen LogP contribution >= 0.6 is 0 Å². The van der Waals surface area contributed by atoms with Gasteiger partial charge in [-0.25, -0.2) is 15.0 Å². The number of pyridine rings is 1. The summed E-state index contributed by atoms with van der Waals surface area (Å²) in [6.07, 6.45) is 4.51. The molecular formula is C27H35F3N4O3. The highest BCUT2D eigenvalue weighted by atomic mass is 19.4. The van der Waals surface area contributed by atoms with Crippen LogP contribution in [0.1, 0.15) is 88.9 Å². The maximum Gasteiger partial charge on any atom is 0.389 e. The van der Waals surface area contributed by atoms with Crippen LogP contribution in [0.2, 0.25) is 0 Å². The fraction of sp³-hybridized carbons (Fsp3) is 0.704. The number of alkyl halides is 3. The summed E-state index contributed by atoms with van der Waals surface area (Å²) < 4.78 is 45.1. The van der Waals surface area contributed by atoms with E-state index >= 15 is 0 Å². The largest absolute Gasteiger partial charge is 0.474 e. The van der Waals surface area contributed by atoms with Crippen molar-refractivity contribution >= 4 is 16.8 Å². The molecule has 1 unspecified atom stereocenters. The molecule has 4 heterocycles. The van der Waals surface area contributed by atoms with E-state index in [1.807, 2.05) is 4.90 Å². The Bertz CT molecular complexity index is 1120. The van der Waals surface area contributed by atoms with Gasteiger partial charge in [-0.3, -0.25) is 4.79 Å². The van der Waals surface area contributed by atoms with Gasteiger partial charge in [0.15, 0.2) is 0 Å². The number of hydrogen-bond acceptors (Lipinski definition) is 6. The maximum atomic E-state index is 12.9. The van der Waals surface area contributed by atoms with Gasteiger partial charge in [0, 0.05) is 62.6 Å². The fourth-order valence-electron chi connectivity index (χ4n) is 6.61.